The summed E-state index contributed by atoms with van der Waals surface area (Å²) in [4.78, 5) is 24.7. The van der Waals surface area contributed by atoms with Crippen molar-refractivity contribution in [3.8, 4) is 11.5 Å². The summed E-state index contributed by atoms with van der Waals surface area (Å²) in [6, 6.07) is 12.5. The normalized spacial score (nSPS) is 13.0. The number of halogens is 1. The Morgan fingerprint density at radius 1 is 1.22 bits per heavy atom. The highest BCUT2D eigenvalue weighted by molar-refractivity contribution is 9.10. The molecule has 0 radical (unpaired) electrons. The number of nitrogens with one attached hydrogen (secondary N) is 1. The van der Waals surface area contributed by atoms with Gasteiger partial charge in [-0.05, 0) is 42.5 Å². The minimum atomic E-state index is -0.536. The van der Waals surface area contributed by atoms with Gasteiger partial charge in [0, 0.05) is 14.9 Å². The highest BCUT2D eigenvalue weighted by atomic mass is 79.9. The van der Waals surface area contributed by atoms with E-state index >= 15 is 0 Å². The minimum Gasteiger partial charge on any atom is -0.452 e. The smallest absolute Gasteiger partial charge is 0.338 e. The molecule has 2 heterocycles. The van der Waals surface area contributed by atoms with Crippen LogP contribution in [0.1, 0.15) is 16.2 Å². The van der Waals surface area contributed by atoms with Crippen LogP contribution in [0.2, 0.25) is 0 Å². The maximum Gasteiger partial charge on any atom is 0.338 e. The van der Waals surface area contributed by atoms with Crippen molar-refractivity contribution in [3.63, 3.8) is 0 Å². The maximum absolute atomic E-state index is 12.3. The SMILES string of the molecule is O=C1CSc2ccc(C(=O)OCc3nnc(-c4ccc(Br)cc4)o3)cc2N1. The average Bonchev–Trinajstić information content (AvgIpc) is 3.15. The van der Waals surface area contributed by atoms with E-state index in [1.807, 2.05) is 24.3 Å². The molecule has 1 aliphatic heterocycles. The van der Waals surface area contributed by atoms with E-state index in [9.17, 15) is 9.59 Å². The highest BCUT2D eigenvalue weighted by Crippen LogP contribution is 2.32. The summed E-state index contributed by atoms with van der Waals surface area (Å²) in [6.07, 6.45) is 0. The van der Waals surface area contributed by atoms with Crippen LogP contribution in [0.3, 0.4) is 0 Å². The summed E-state index contributed by atoms with van der Waals surface area (Å²) in [7, 11) is 0. The van der Waals surface area contributed by atoms with Gasteiger partial charge in [0.1, 0.15) is 0 Å². The van der Waals surface area contributed by atoms with Crippen molar-refractivity contribution >= 4 is 45.3 Å². The summed E-state index contributed by atoms with van der Waals surface area (Å²) >= 11 is 4.79. The van der Waals surface area contributed by atoms with Crippen molar-refractivity contribution in [3.05, 3.63) is 58.4 Å². The van der Waals surface area contributed by atoms with E-state index in [2.05, 4.69) is 31.4 Å². The Morgan fingerprint density at radius 2 is 2.04 bits per heavy atom. The number of hydrogen-bond acceptors (Lipinski definition) is 7. The first-order chi connectivity index (χ1) is 13.1. The Morgan fingerprint density at radius 3 is 2.85 bits per heavy atom. The van der Waals surface area contributed by atoms with Gasteiger partial charge in [-0.2, -0.15) is 0 Å². The van der Waals surface area contributed by atoms with Crippen LogP contribution in [0.15, 0.2) is 56.2 Å². The molecule has 0 unspecified atom stereocenters. The van der Waals surface area contributed by atoms with Crippen LogP contribution in [0, 0.1) is 0 Å². The molecule has 0 saturated heterocycles. The summed E-state index contributed by atoms with van der Waals surface area (Å²) < 4.78 is 11.7. The third-order valence-electron chi connectivity index (χ3n) is 3.73. The number of thioether (sulfide) groups is 1. The summed E-state index contributed by atoms with van der Waals surface area (Å²) in [5.74, 6) is 0.287. The molecule has 1 aliphatic rings. The molecule has 0 atom stereocenters. The summed E-state index contributed by atoms with van der Waals surface area (Å²) in [5, 5.41) is 10.6. The van der Waals surface area contributed by atoms with Gasteiger partial charge in [0.25, 0.3) is 5.89 Å². The van der Waals surface area contributed by atoms with Gasteiger partial charge < -0.3 is 14.5 Å². The lowest BCUT2D eigenvalue weighted by atomic mass is 10.2. The first-order valence-corrected chi connectivity index (χ1v) is 9.68. The van der Waals surface area contributed by atoms with Gasteiger partial charge in [-0.25, -0.2) is 4.79 Å². The molecule has 27 heavy (non-hydrogen) atoms. The molecule has 1 amide bonds. The molecule has 9 heteroatoms. The van der Waals surface area contributed by atoms with Gasteiger partial charge in [0.2, 0.25) is 11.8 Å². The quantitative estimate of drug-likeness (QED) is 0.608. The number of rotatable bonds is 4. The van der Waals surface area contributed by atoms with Crippen molar-refractivity contribution in [2.75, 3.05) is 11.1 Å². The summed E-state index contributed by atoms with van der Waals surface area (Å²) in [6.45, 7) is -0.138. The fourth-order valence-electron chi connectivity index (χ4n) is 2.44. The number of amides is 1. The van der Waals surface area contributed by atoms with E-state index in [-0.39, 0.29) is 18.4 Å². The second-order valence-corrected chi connectivity index (χ2v) is 7.56. The van der Waals surface area contributed by atoms with Crippen LogP contribution in [-0.4, -0.2) is 27.8 Å². The molecule has 136 valence electrons. The Hall–Kier alpha value is -2.65. The van der Waals surface area contributed by atoms with Gasteiger partial charge in [-0.15, -0.1) is 22.0 Å². The van der Waals surface area contributed by atoms with E-state index < -0.39 is 5.97 Å². The van der Waals surface area contributed by atoms with Gasteiger partial charge in [-0.3, -0.25) is 4.79 Å². The fraction of sp³-hybridized carbons (Fsp3) is 0.111. The number of aromatic nitrogens is 2. The van der Waals surface area contributed by atoms with E-state index in [0.717, 1.165) is 14.9 Å². The summed E-state index contributed by atoms with van der Waals surface area (Å²) in [5.41, 5.74) is 1.72. The van der Waals surface area contributed by atoms with Gasteiger partial charge in [0.05, 0.1) is 17.0 Å². The zero-order chi connectivity index (χ0) is 18.8. The molecular weight excluding hydrogens is 434 g/mol. The van der Waals surface area contributed by atoms with E-state index in [0.29, 0.717) is 22.9 Å². The number of carbonyl (C=O) groups excluding carboxylic acids is 2. The predicted octanol–water partition coefficient (Wildman–Crippen LogP) is 3.90. The maximum atomic E-state index is 12.3. The van der Waals surface area contributed by atoms with Crippen molar-refractivity contribution in [1.29, 1.82) is 0 Å². The Bertz CT molecular complexity index is 1020. The van der Waals surface area contributed by atoms with E-state index in [4.69, 9.17) is 9.15 Å². The third kappa shape index (κ3) is 4.04. The zero-order valence-electron chi connectivity index (χ0n) is 13.8. The molecular formula is C18H12BrN3O4S. The van der Waals surface area contributed by atoms with Crippen molar-refractivity contribution in [2.45, 2.75) is 11.5 Å². The van der Waals surface area contributed by atoms with Gasteiger partial charge in [0.15, 0.2) is 6.61 Å². The van der Waals surface area contributed by atoms with Crippen molar-refractivity contribution in [1.82, 2.24) is 10.2 Å². The number of benzene rings is 2. The largest absolute Gasteiger partial charge is 0.452 e. The third-order valence-corrected chi connectivity index (χ3v) is 5.34. The van der Waals surface area contributed by atoms with Crippen LogP contribution in [0.25, 0.3) is 11.5 Å². The highest BCUT2D eigenvalue weighted by Gasteiger charge is 2.18. The second-order valence-electron chi connectivity index (χ2n) is 5.63. The van der Waals surface area contributed by atoms with Crippen LogP contribution >= 0.6 is 27.7 Å². The average molecular weight is 446 g/mol. The fourth-order valence-corrected chi connectivity index (χ4v) is 3.49. The Balaban J connectivity index is 1.42. The number of hydrogen-bond donors (Lipinski definition) is 1. The van der Waals surface area contributed by atoms with Crippen LogP contribution < -0.4 is 5.32 Å². The Labute approximate surface area is 166 Å². The lowest BCUT2D eigenvalue weighted by Crippen LogP contribution is -2.19. The predicted molar refractivity (Wildman–Crippen MR) is 102 cm³/mol. The molecule has 0 bridgehead atoms. The topological polar surface area (TPSA) is 94.3 Å². The van der Waals surface area contributed by atoms with Crippen LogP contribution in [0.5, 0.6) is 0 Å². The molecule has 0 aliphatic carbocycles. The molecule has 0 fully saturated rings. The standard InChI is InChI=1S/C18H12BrN3O4S/c19-12-4-1-10(2-5-12)17-22-21-16(26-17)8-25-18(24)11-3-6-14-13(7-11)20-15(23)9-27-14/h1-7H,8-9H2,(H,20,23). The number of carbonyl (C=O) groups is 2. The lowest BCUT2D eigenvalue weighted by Gasteiger charge is -2.16. The second kappa shape index (κ2) is 7.53. The molecule has 0 saturated carbocycles. The van der Waals surface area contributed by atoms with Gasteiger partial charge in [-0.1, -0.05) is 15.9 Å². The molecule has 3 aromatic rings. The molecule has 4 rings (SSSR count). The van der Waals surface area contributed by atoms with Crippen LogP contribution in [-0.2, 0) is 16.1 Å². The number of fused-ring (bicyclic) bond motifs is 1. The van der Waals surface area contributed by atoms with Crippen molar-refractivity contribution in [2.24, 2.45) is 0 Å². The zero-order valence-corrected chi connectivity index (χ0v) is 16.2. The minimum absolute atomic E-state index is 0.0932. The van der Waals surface area contributed by atoms with Gasteiger partial charge >= 0.3 is 5.97 Å². The van der Waals surface area contributed by atoms with E-state index in [1.165, 1.54) is 11.8 Å². The molecule has 7 nitrogen and oxygen atoms in total. The number of esters is 1. The number of ether oxygens (including phenoxy) is 1. The first-order valence-electron chi connectivity index (χ1n) is 7.90. The number of nitrogens with zero attached hydrogens (tertiary/aromatic N) is 2. The van der Waals surface area contributed by atoms with E-state index in [1.54, 1.807) is 18.2 Å². The first kappa shape index (κ1) is 17.7. The lowest BCUT2D eigenvalue weighted by molar-refractivity contribution is -0.113. The number of anilines is 1. The van der Waals surface area contributed by atoms with Crippen molar-refractivity contribution < 1.29 is 18.7 Å². The molecule has 0 spiro atoms. The van der Waals surface area contributed by atoms with Crippen LogP contribution in [0.4, 0.5) is 5.69 Å². The molecule has 1 aromatic heterocycles. The molecule has 1 N–H and O–H groups in total. The Kier molecular flexibility index (Phi) is 4.95. The monoisotopic (exact) mass is 445 g/mol. The molecule has 2 aromatic carbocycles.